The van der Waals surface area contributed by atoms with E-state index >= 15 is 0 Å². The fourth-order valence-corrected chi connectivity index (χ4v) is 2.67. The van der Waals surface area contributed by atoms with Crippen molar-refractivity contribution in [3.05, 3.63) is 53.8 Å². The van der Waals surface area contributed by atoms with Crippen molar-refractivity contribution >= 4 is 11.6 Å². The second-order valence-electron chi connectivity index (χ2n) is 5.82. The lowest BCUT2D eigenvalue weighted by Gasteiger charge is -2.32. The van der Waals surface area contributed by atoms with E-state index in [9.17, 15) is 9.18 Å². The molecule has 1 saturated heterocycles. The zero-order chi connectivity index (χ0) is 18.5. The van der Waals surface area contributed by atoms with E-state index in [-0.39, 0.29) is 11.7 Å². The topological polar surface area (TPSA) is 83.7 Å². The molecule has 7 nitrogen and oxygen atoms in total. The first-order valence-electron chi connectivity index (χ1n) is 8.13. The third kappa shape index (κ3) is 4.22. The Morgan fingerprint density at radius 2 is 1.85 bits per heavy atom. The van der Waals surface area contributed by atoms with Gasteiger partial charge in [-0.3, -0.25) is 4.79 Å². The van der Waals surface area contributed by atoms with Crippen LogP contribution in [0, 0.1) is 5.82 Å². The summed E-state index contributed by atoms with van der Waals surface area (Å²) in [5.41, 5.74) is 7.55. The van der Waals surface area contributed by atoms with Gasteiger partial charge in [0.15, 0.2) is 6.29 Å². The predicted molar refractivity (Wildman–Crippen MR) is 95.3 cm³/mol. The second-order valence-corrected chi connectivity index (χ2v) is 5.82. The van der Waals surface area contributed by atoms with E-state index in [2.05, 4.69) is 21.5 Å². The average molecular weight is 360 g/mol. The number of carbonyl (C=O) groups is 1. The zero-order valence-electron chi connectivity index (χ0n) is 14.5. The Kier molecular flexibility index (Phi) is 5.55. The van der Waals surface area contributed by atoms with Crippen LogP contribution in [0.4, 0.5) is 10.1 Å². The van der Waals surface area contributed by atoms with Crippen molar-refractivity contribution in [3.63, 3.8) is 0 Å². The maximum Gasteiger partial charge on any atom is 0.241 e. The maximum absolute atomic E-state index is 13.0. The number of nitrogens with one attached hydrogen (secondary N) is 4. The summed E-state index contributed by atoms with van der Waals surface area (Å²) >= 11 is 0. The first-order valence-corrected chi connectivity index (χ1v) is 8.13. The third-order valence-electron chi connectivity index (χ3n) is 4.07. The number of methoxy groups -OCH3 is 2. The highest BCUT2D eigenvalue weighted by atomic mass is 19.1. The average Bonchev–Trinajstić information content (AvgIpc) is 2.66. The highest BCUT2D eigenvalue weighted by Crippen LogP contribution is 2.29. The van der Waals surface area contributed by atoms with Crippen molar-refractivity contribution in [1.82, 2.24) is 16.2 Å². The molecular formula is C18H21FN4O3. The number of rotatable bonds is 6. The summed E-state index contributed by atoms with van der Waals surface area (Å²) in [4.78, 5) is 12.3. The number of ether oxygens (including phenoxy) is 2. The molecule has 1 amide bonds. The molecule has 3 rings (SSSR count). The number of benzene rings is 2. The van der Waals surface area contributed by atoms with Crippen molar-refractivity contribution in [2.45, 2.75) is 18.8 Å². The minimum atomic E-state index is -0.519. The molecule has 0 aliphatic carbocycles. The molecule has 8 heteroatoms. The normalized spacial score (nSPS) is 19.6. The van der Waals surface area contributed by atoms with Gasteiger partial charge in [0.1, 0.15) is 23.4 Å². The molecule has 0 aromatic heterocycles. The molecule has 0 radical (unpaired) electrons. The van der Waals surface area contributed by atoms with Gasteiger partial charge in [-0.05, 0) is 36.2 Å². The minimum Gasteiger partial charge on any atom is -0.497 e. The molecule has 2 aromatic rings. The van der Waals surface area contributed by atoms with Gasteiger partial charge in [0, 0.05) is 6.07 Å². The molecule has 2 unspecified atom stereocenters. The van der Waals surface area contributed by atoms with Gasteiger partial charge in [-0.25, -0.2) is 15.2 Å². The summed E-state index contributed by atoms with van der Waals surface area (Å²) in [6.45, 7) is 0. The minimum absolute atomic E-state index is 0.168. The lowest BCUT2D eigenvalue weighted by atomic mass is 10.1. The van der Waals surface area contributed by atoms with Gasteiger partial charge in [-0.1, -0.05) is 12.1 Å². The van der Waals surface area contributed by atoms with Crippen LogP contribution in [-0.2, 0) is 11.2 Å². The van der Waals surface area contributed by atoms with Gasteiger partial charge >= 0.3 is 0 Å². The number of anilines is 1. The lowest BCUT2D eigenvalue weighted by molar-refractivity contribution is -0.126. The molecule has 1 fully saturated rings. The highest BCUT2D eigenvalue weighted by molar-refractivity contribution is 5.83. The quantitative estimate of drug-likeness (QED) is 0.623. The largest absolute Gasteiger partial charge is 0.497 e. The first kappa shape index (κ1) is 18.0. The van der Waals surface area contributed by atoms with E-state index in [4.69, 9.17) is 9.47 Å². The van der Waals surface area contributed by atoms with Crippen LogP contribution in [0.3, 0.4) is 0 Å². The van der Waals surface area contributed by atoms with Gasteiger partial charge in [-0.2, -0.15) is 0 Å². The molecule has 0 bridgehead atoms. The van der Waals surface area contributed by atoms with E-state index in [0.717, 1.165) is 5.56 Å². The summed E-state index contributed by atoms with van der Waals surface area (Å²) in [7, 11) is 3.14. The molecule has 0 spiro atoms. The van der Waals surface area contributed by atoms with E-state index in [0.29, 0.717) is 23.6 Å². The van der Waals surface area contributed by atoms with Crippen LogP contribution < -0.4 is 31.0 Å². The highest BCUT2D eigenvalue weighted by Gasteiger charge is 2.27. The van der Waals surface area contributed by atoms with Crippen molar-refractivity contribution in [3.8, 4) is 11.5 Å². The van der Waals surface area contributed by atoms with Crippen LogP contribution in [0.5, 0.6) is 11.5 Å². The van der Waals surface area contributed by atoms with Gasteiger partial charge < -0.3 is 20.1 Å². The molecule has 1 heterocycles. The Labute approximate surface area is 150 Å². The molecular weight excluding hydrogens is 339 g/mol. The smallest absolute Gasteiger partial charge is 0.241 e. The monoisotopic (exact) mass is 360 g/mol. The van der Waals surface area contributed by atoms with E-state index < -0.39 is 12.3 Å². The van der Waals surface area contributed by atoms with Crippen LogP contribution in [0.2, 0.25) is 0 Å². The second kappa shape index (κ2) is 8.03. The van der Waals surface area contributed by atoms with Crippen molar-refractivity contribution in [1.29, 1.82) is 0 Å². The van der Waals surface area contributed by atoms with Gasteiger partial charge in [0.2, 0.25) is 5.91 Å². The molecule has 1 aliphatic heterocycles. The van der Waals surface area contributed by atoms with E-state index in [1.54, 1.807) is 44.6 Å². The first-order chi connectivity index (χ1) is 12.6. The molecule has 2 aromatic carbocycles. The number of hydrazine groups is 1. The Hall–Kier alpha value is -2.84. The van der Waals surface area contributed by atoms with Crippen LogP contribution >= 0.6 is 0 Å². The van der Waals surface area contributed by atoms with Crippen molar-refractivity contribution in [2.75, 3.05) is 19.5 Å². The van der Waals surface area contributed by atoms with Gasteiger partial charge in [0.25, 0.3) is 0 Å². The fourth-order valence-electron chi connectivity index (χ4n) is 2.67. The van der Waals surface area contributed by atoms with E-state index in [1.165, 1.54) is 12.1 Å². The molecule has 0 saturated carbocycles. The summed E-state index contributed by atoms with van der Waals surface area (Å²) in [5.74, 6) is 0.794. The van der Waals surface area contributed by atoms with Crippen LogP contribution in [0.15, 0.2) is 42.5 Å². The molecule has 138 valence electrons. The predicted octanol–water partition coefficient (Wildman–Crippen LogP) is 1.37. The SMILES string of the molecule is COc1ccc(NC2NNC(Cc3ccc(F)cc3)C(=O)N2)c(OC)c1. The number of hydrogen-bond donors (Lipinski definition) is 4. The standard InChI is InChI=1S/C18H21FN4O3/c1-25-13-7-8-14(16(10-13)26-2)20-18-21-17(24)15(22-23-18)9-11-3-5-12(19)6-4-11/h3-8,10,15,18,20,22-23H,9H2,1-2H3,(H,21,24). The summed E-state index contributed by atoms with van der Waals surface area (Å²) in [6, 6.07) is 11.0. The number of carbonyl (C=O) groups excluding carboxylic acids is 1. The third-order valence-corrected chi connectivity index (χ3v) is 4.07. The van der Waals surface area contributed by atoms with Crippen LogP contribution in [-0.4, -0.2) is 32.5 Å². The Bertz CT molecular complexity index is 770. The van der Waals surface area contributed by atoms with E-state index in [1.807, 2.05) is 0 Å². The number of hydrogen-bond acceptors (Lipinski definition) is 6. The van der Waals surface area contributed by atoms with Crippen molar-refractivity contribution < 1.29 is 18.7 Å². The van der Waals surface area contributed by atoms with Gasteiger partial charge in [0.05, 0.1) is 19.9 Å². The van der Waals surface area contributed by atoms with Crippen molar-refractivity contribution in [2.24, 2.45) is 0 Å². The summed E-state index contributed by atoms with van der Waals surface area (Å²) in [6.07, 6.45) is -0.0770. The maximum atomic E-state index is 13.0. The Morgan fingerprint density at radius 3 is 2.50 bits per heavy atom. The number of halogens is 1. The number of amides is 1. The summed E-state index contributed by atoms with van der Waals surface area (Å²) in [5, 5.41) is 5.98. The molecule has 4 N–H and O–H groups in total. The Balaban J connectivity index is 1.60. The van der Waals surface area contributed by atoms with Crippen LogP contribution in [0.1, 0.15) is 5.56 Å². The summed E-state index contributed by atoms with van der Waals surface area (Å²) < 4.78 is 23.5. The Morgan fingerprint density at radius 1 is 1.08 bits per heavy atom. The fraction of sp³-hybridized carbons (Fsp3) is 0.278. The zero-order valence-corrected chi connectivity index (χ0v) is 14.5. The molecule has 2 atom stereocenters. The molecule has 1 aliphatic rings. The van der Waals surface area contributed by atoms with Crippen LogP contribution in [0.25, 0.3) is 0 Å². The van der Waals surface area contributed by atoms with Gasteiger partial charge in [-0.15, -0.1) is 0 Å². The molecule has 26 heavy (non-hydrogen) atoms. The lowest BCUT2D eigenvalue weighted by Crippen LogP contribution is -2.68.